The molecule has 0 unspecified atom stereocenters. The van der Waals surface area contributed by atoms with Crippen LogP contribution >= 0.6 is 12.6 Å². The fourth-order valence-corrected chi connectivity index (χ4v) is 1.86. The summed E-state index contributed by atoms with van der Waals surface area (Å²) < 4.78 is 18.6. The van der Waals surface area contributed by atoms with Gasteiger partial charge in [-0.2, -0.15) is 12.6 Å². The smallest absolute Gasteiger partial charge is 0.138 e. The molecule has 1 heterocycles. The predicted octanol–water partition coefficient (Wildman–Crippen LogP) is 3.03. The summed E-state index contributed by atoms with van der Waals surface area (Å²) in [4.78, 5) is 8.57. The third-order valence-electron chi connectivity index (χ3n) is 2.48. The van der Waals surface area contributed by atoms with Gasteiger partial charge in [0.15, 0.2) is 0 Å². The van der Waals surface area contributed by atoms with Crippen molar-refractivity contribution < 1.29 is 9.13 Å². The highest BCUT2D eigenvalue weighted by atomic mass is 32.1. The number of hydrogen-bond donors (Lipinski definition) is 1. The standard InChI is InChI=1S/C13H13FN2OS/c1-8-5-11(16-13(7-18)15-8)10-6-9(14)3-4-12(10)17-2/h3-6,18H,7H2,1-2H3. The Labute approximate surface area is 110 Å². The molecule has 0 aliphatic carbocycles. The lowest BCUT2D eigenvalue weighted by Gasteiger charge is -2.09. The molecule has 3 nitrogen and oxygen atoms in total. The van der Waals surface area contributed by atoms with E-state index in [-0.39, 0.29) is 5.82 Å². The van der Waals surface area contributed by atoms with Gasteiger partial charge in [-0.05, 0) is 31.2 Å². The first-order valence-corrected chi connectivity index (χ1v) is 6.06. The summed E-state index contributed by atoms with van der Waals surface area (Å²) in [7, 11) is 1.55. The van der Waals surface area contributed by atoms with E-state index >= 15 is 0 Å². The fraction of sp³-hybridized carbons (Fsp3) is 0.231. The van der Waals surface area contributed by atoms with E-state index in [4.69, 9.17) is 4.74 Å². The van der Waals surface area contributed by atoms with Gasteiger partial charge in [0, 0.05) is 11.3 Å². The summed E-state index contributed by atoms with van der Waals surface area (Å²) >= 11 is 4.16. The van der Waals surface area contributed by atoms with Crippen molar-refractivity contribution in [3.05, 3.63) is 41.6 Å². The number of nitrogens with zero attached hydrogens (tertiary/aromatic N) is 2. The second kappa shape index (κ2) is 5.35. The van der Waals surface area contributed by atoms with E-state index < -0.39 is 0 Å². The zero-order valence-corrected chi connectivity index (χ0v) is 11.0. The lowest BCUT2D eigenvalue weighted by molar-refractivity contribution is 0.415. The predicted molar refractivity (Wildman–Crippen MR) is 71.4 cm³/mol. The summed E-state index contributed by atoms with van der Waals surface area (Å²) in [5.74, 6) is 1.31. The van der Waals surface area contributed by atoms with Crippen LogP contribution in [0.4, 0.5) is 4.39 Å². The van der Waals surface area contributed by atoms with Crippen LogP contribution in [-0.2, 0) is 5.75 Å². The third-order valence-corrected chi connectivity index (χ3v) is 2.76. The molecule has 0 amide bonds. The molecular formula is C13H13FN2OS. The normalized spacial score (nSPS) is 10.4. The Kier molecular flexibility index (Phi) is 3.81. The number of aromatic nitrogens is 2. The summed E-state index contributed by atoms with van der Waals surface area (Å²) in [5.41, 5.74) is 2.07. The molecule has 0 atom stereocenters. The highest BCUT2D eigenvalue weighted by Crippen LogP contribution is 2.29. The van der Waals surface area contributed by atoms with Crippen molar-refractivity contribution in [2.24, 2.45) is 0 Å². The molecule has 2 rings (SSSR count). The van der Waals surface area contributed by atoms with Gasteiger partial charge in [0.25, 0.3) is 0 Å². The van der Waals surface area contributed by atoms with Crippen molar-refractivity contribution in [2.45, 2.75) is 12.7 Å². The summed E-state index contributed by atoms with van der Waals surface area (Å²) in [6.07, 6.45) is 0. The Bertz CT molecular complexity index is 575. The van der Waals surface area contributed by atoms with Crippen LogP contribution in [0.5, 0.6) is 5.75 Å². The summed E-state index contributed by atoms with van der Waals surface area (Å²) in [6.45, 7) is 1.86. The molecule has 0 saturated carbocycles. The monoisotopic (exact) mass is 264 g/mol. The van der Waals surface area contributed by atoms with Gasteiger partial charge in [0.1, 0.15) is 17.4 Å². The average Bonchev–Trinajstić information content (AvgIpc) is 2.38. The molecule has 0 aliphatic rings. The zero-order chi connectivity index (χ0) is 13.1. The van der Waals surface area contributed by atoms with Crippen molar-refractivity contribution >= 4 is 12.6 Å². The quantitative estimate of drug-likeness (QED) is 0.865. The maximum atomic E-state index is 13.3. The van der Waals surface area contributed by atoms with Crippen LogP contribution in [-0.4, -0.2) is 17.1 Å². The van der Waals surface area contributed by atoms with Gasteiger partial charge in [0.05, 0.1) is 18.6 Å². The first kappa shape index (κ1) is 12.8. The van der Waals surface area contributed by atoms with E-state index in [9.17, 15) is 4.39 Å². The minimum atomic E-state index is -0.325. The van der Waals surface area contributed by atoms with E-state index in [0.717, 1.165) is 5.69 Å². The van der Waals surface area contributed by atoms with Crippen molar-refractivity contribution in [3.63, 3.8) is 0 Å². The molecule has 0 spiro atoms. The van der Waals surface area contributed by atoms with Crippen molar-refractivity contribution in [3.8, 4) is 17.0 Å². The van der Waals surface area contributed by atoms with Crippen LogP contribution in [0.2, 0.25) is 0 Å². The van der Waals surface area contributed by atoms with Crippen LogP contribution in [0.15, 0.2) is 24.3 Å². The second-order valence-corrected chi connectivity index (χ2v) is 4.13. The maximum Gasteiger partial charge on any atom is 0.138 e. The van der Waals surface area contributed by atoms with E-state index in [2.05, 4.69) is 22.6 Å². The molecule has 0 bridgehead atoms. The molecule has 0 N–H and O–H groups in total. The Morgan fingerprint density at radius 1 is 1.28 bits per heavy atom. The summed E-state index contributed by atoms with van der Waals surface area (Å²) in [5, 5.41) is 0. The number of methoxy groups -OCH3 is 1. The van der Waals surface area contributed by atoms with Crippen molar-refractivity contribution in [1.82, 2.24) is 9.97 Å². The lowest BCUT2D eigenvalue weighted by Crippen LogP contribution is -1.98. The maximum absolute atomic E-state index is 13.3. The van der Waals surface area contributed by atoms with Gasteiger partial charge in [-0.15, -0.1) is 0 Å². The Morgan fingerprint density at radius 3 is 2.72 bits per heavy atom. The summed E-state index contributed by atoms with van der Waals surface area (Å²) in [6, 6.07) is 6.14. The van der Waals surface area contributed by atoms with E-state index in [1.165, 1.54) is 12.1 Å². The second-order valence-electron chi connectivity index (χ2n) is 3.81. The van der Waals surface area contributed by atoms with Gasteiger partial charge in [-0.3, -0.25) is 0 Å². The number of aryl methyl sites for hydroxylation is 1. The topological polar surface area (TPSA) is 35.0 Å². The van der Waals surface area contributed by atoms with E-state index in [1.807, 2.05) is 6.92 Å². The van der Waals surface area contributed by atoms with E-state index in [0.29, 0.717) is 28.6 Å². The van der Waals surface area contributed by atoms with Gasteiger partial charge < -0.3 is 4.74 Å². The van der Waals surface area contributed by atoms with Gasteiger partial charge >= 0.3 is 0 Å². The number of thiol groups is 1. The Balaban J connectivity index is 2.60. The van der Waals surface area contributed by atoms with Crippen LogP contribution in [0.25, 0.3) is 11.3 Å². The van der Waals surface area contributed by atoms with Crippen LogP contribution < -0.4 is 4.74 Å². The third kappa shape index (κ3) is 2.61. The molecule has 2 aromatic rings. The van der Waals surface area contributed by atoms with Crippen LogP contribution in [0.1, 0.15) is 11.5 Å². The molecule has 1 aromatic carbocycles. The first-order valence-electron chi connectivity index (χ1n) is 5.43. The molecule has 0 aliphatic heterocycles. The molecule has 0 fully saturated rings. The number of rotatable bonds is 3. The zero-order valence-electron chi connectivity index (χ0n) is 10.1. The molecular weight excluding hydrogens is 251 g/mol. The minimum absolute atomic E-state index is 0.325. The minimum Gasteiger partial charge on any atom is -0.496 e. The average molecular weight is 264 g/mol. The molecule has 94 valence electrons. The lowest BCUT2D eigenvalue weighted by atomic mass is 10.1. The van der Waals surface area contributed by atoms with Crippen LogP contribution in [0, 0.1) is 12.7 Å². The highest BCUT2D eigenvalue weighted by molar-refractivity contribution is 7.79. The van der Waals surface area contributed by atoms with Gasteiger partial charge in [-0.25, -0.2) is 14.4 Å². The molecule has 1 aromatic heterocycles. The number of hydrogen-bond acceptors (Lipinski definition) is 4. The number of benzene rings is 1. The Hall–Kier alpha value is -1.62. The first-order chi connectivity index (χ1) is 8.63. The number of ether oxygens (including phenoxy) is 1. The number of halogens is 1. The van der Waals surface area contributed by atoms with Gasteiger partial charge in [-0.1, -0.05) is 0 Å². The molecule has 18 heavy (non-hydrogen) atoms. The van der Waals surface area contributed by atoms with Gasteiger partial charge in [0.2, 0.25) is 0 Å². The molecule has 5 heteroatoms. The largest absolute Gasteiger partial charge is 0.496 e. The van der Waals surface area contributed by atoms with E-state index in [1.54, 1.807) is 19.2 Å². The highest BCUT2D eigenvalue weighted by Gasteiger charge is 2.10. The Morgan fingerprint density at radius 2 is 2.06 bits per heavy atom. The molecule has 0 saturated heterocycles. The van der Waals surface area contributed by atoms with Crippen molar-refractivity contribution in [1.29, 1.82) is 0 Å². The molecule has 0 radical (unpaired) electrons. The van der Waals surface area contributed by atoms with Crippen LogP contribution in [0.3, 0.4) is 0 Å². The van der Waals surface area contributed by atoms with Crippen molar-refractivity contribution in [2.75, 3.05) is 7.11 Å². The SMILES string of the molecule is COc1ccc(F)cc1-c1cc(C)nc(CS)n1. The fourth-order valence-electron chi connectivity index (χ4n) is 1.72.